The summed E-state index contributed by atoms with van der Waals surface area (Å²) < 4.78 is 9.46. The summed E-state index contributed by atoms with van der Waals surface area (Å²) in [5, 5.41) is 0. The molecular weight excluding hydrogens is 196 g/mol. The molecule has 0 aliphatic heterocycles. The summed E-state index contributed by atoms with van der Waals surface area (Å²) >= 11 is 0. The van der Waals surface area contributed by atoms with E-state index in [1.54, 1.807) is 6.08 Å². The lowest BCUT2D eigenvalue weighted by Crippen LogP contribution is -2.14. The fourth-order valence-corrected chi connectivity index (χ4v) is 1.07. The van der Waals surface area contributed by atoms with Gasteiger partial charge < -0.3 is 9.47 Å². The minimum absolute atomic E-state index is 0.332. The van der Waals surface area contributed by atoms with Gasteiger partial charge in [-0.2, -0.15) is 0 Å². The second kappa shape index (κ2) is 8.03. The van der Waals surface area contributed by atoms with Crippen LogP contribution in [0, 0.1) is 0 Å². The molecule has 4 nitrogen and oxygen atoms in total. The van der Waals surface area contributed by atoms with Crippen molar-refractivity contribution >= 4 is 11.9 Å². The Morgan fingerprint density at radius 3 is 2.53 bits per heavy atom. The Morgan fingerprint density at radius 1 is 1.40 bits per heavy atom. The van der Waals surface area contributed by atoms with Gasteiger partial charge in [-0.1, -0.05) is 13.3 Å². The summed E-state index contributed by atoms with van der Waals surface area (Å²) in [5.74, 6) is -0.783. The number of methoxy groups -OCH3 is 1. The van der Waals surface area contributed by atoms with Gasteiger partial charge in [0.2, 0.25) is 0 Å². The Balaban J connectivity index is 4.16. The third-order valence-electron chi connectivity index (χ3n) is 1.81. The number of carbonyl (C=O) groups excluding carboxylic acids is 2. The number of hydrogen-bond donors (Lipinski definition) is 0. The monoisotopic (exact) mass is 214 g/mol. The molecule has 0 N–H and O–H groups in total. The Labute approximate surface area is 90.2 Å². The van der Waals surface area contributed by atoms with Crippen LogP contribution in [0.5, 0.6) is 0 Å². The molecule has 0 aliphatic carbocycles. The fraction of sp³-hybridized carbons (Fsp3) is 0.636. The standard InChI is InChI=1S/C11H18O4/c1-4-5-6-10(15-9(2)12)7-8-11(13)14-3/h7-8,10H,4-6H2,1-3H3/b8-7+/t10-/m0/s1. The third kappa shape index (κ3) is 7.73. The molecule has 0 amide bonds. The summed E-state index contributed by atoms with van der Waals surface area (Å²) in [6.07, 6.45) is 5.20. The van der Waals surface area contributed by atoms with Crippen LogP contribution in [-0.4, -0.2) is 25.2 Å². The molecule has 0 aliphatic rings. The molecule has 0 aromatic heterocycles. The number of hydrogen-bond acceptors (Lipinski definition) is 4. The molecule has 0 rings (SSSR count). The molecule has 0 heterocycles. The van der Waals surface area contributed by atoms with Crippen molar-refractivity contribution in [2.45, 2.75) is 39.2 Å². The van der Waals surface area contributed by atoms with Crippen LogP contribution in [-0.2, 0) is 19.1 Å². The van der Waals surface area contributed by atoms with Crippen molar-refractivity contribution in [3.63, 3.8) is 0 Å². The predicted octanol–water partition coefficient (Wildman–Crippen LogP) is 1.84. The third-order valence-corrected chi connectivity index (χ3v) is 1.81. The normalized spacial score (nSPS) is 12.5. The molecule has 0 fully saturated rings. The zero-order valence-corrected chi connectivity index (χ0v) is 9.49. The molecule has 86 valence electrons. The van der Waals surface area contributed by atoms with Gasteiger partial charge in [0.15, 0.2) is 0 Å². The molecule has 0 saturated heterocycles. The van der Waals surface area contributed by atoms with E-state index in [-0.39, 0.29) is 12.1 Å². The zero-order chi connectivity index (χ0) is 11.7. The first-order chi connectivity index (χ1) is 7.10. The van der Waals surface area contributed by atoms with E-state index in [2.05, 4.69) is 11.7 Å². The van der Waals surface area contributed by atoms with Gasteiger partial charge in [-0.25, -0.2) is 4.79 Å². The minimum Gasteiger partial charge on any atom is -0.466 e. The average molecular weight is 214 g/mol. The number of ether oxygens (including phenoxy) is 2. The average Bonchev–Trinajstić information content (AvgIpc) is 2.20. The summed E-state index contributed by atoms with van der Waals surface area (Å²) in [4.78, 5) is 21.6. The Hall–Kier alpha value is -1.32. The van der Waals surface area contributed by atoms with Gasteiger partial charge >= 0.3 is 11.9 Å². The van der Waals surface area contributed by atoms with E-state index < -0.39 is 5.97 Å². The SMILES string of the molecule is CCCC[C@@H](/C=C/C(=O)OC)OC(C)=O. The Morgan fingerprint density at radius 2 is 2.07 bits per heavy atom. The zero-order valence-electron chi connectivity index (χ0n) is 9.49. The van der Waals surface area contributed by atoms with Crippen molar-refractivity contribution in [1.29, 1.82) is 0 Å². The highest BCUT2D eigenvalue weighted by atomic mass is 16.5. The number of unbranched alkanes of at least 4 members (excludes halogenated alkanes) is 1. The lowest BCUT2D eigenvalue weighted by atomic mass is 10.1. The first-order valence-corrected chi connectivity index (χ1v) is 5.03. The van der Waals surface area contributed by atoms with E-state index in [4.69, 9.17) is 4.74 Å². The molecule has 4 heteroatoms. The van der Waals surface area contributed by atoms with Crippen LogP contribution in [0.4, 0.5) is 0 Å². The van der Waals surface area contributed by atoms with E-state index in [1.165, 1.54) is 20.1 Å². The van der Waals surface area contributed by atoms with Gasteiger partial charge in [-0.3, -0.25) is 4.79 Å². The summed E-state index contributed by atoms with van der Waals surface area (Å²) in [7, 11) is 1.31. The highest BCUT2D eigenvalue weighted by molar-refractivity contribution is 5.81. The van der Waals surface area contributed by atoms with E-state index in [9.17, 15) is 9.59 Å². The predicted molar refractivity (Wildman–Crippen MR) is 56.2 cm³/mol. The van der Waals surface area contributed by atoms with E-state index >= 15 is 0 Å². The number of carbonyl (C=O) groups is 2. The van der Waals surface area contributed by atoms with Gasteiger partial charge in [0.25, 0.3) is 0 Å². The Kier molecular flexibility index (Phi) is 7.32. The quantitative estimate of drug-likeness (QED) is 0.500. The highest BCUT2D eigenvalue weighted by Crippen LogP contribution is 2.07. The van der Waals surface area contributed by atoms with Crippen molar-refractivity contribution in [1.82, 2.24) is 0 Å². The van der Waals surface area contributed by atoms with Gasteiger partial charge in [0.1, 0.15) is 6.10 Å². The highest BCUT2D eigenvalue weighted by Gasteiger charge is 2.08. The summed E-state index contributed by atoms with van der Waals surface area (Å²) in [5.41, 5.74) is 0. The topological polar surface area (TPSA) is 52.6 Å². The Bertz CT molecular complexity index is 233. The van der Waals surface area contributed by atoms with E-state index in [0.717, 1.165) is 19.3 Å². The van der Waals surface area contributed by atoms with Gasteiger partial charge in [-0.05, 0) is 18.9 Å². The van der Waals surface area contributed by atoms with Crippen molar-refractivity contribution in [2.75, 3.05) is 7.11 Å². The molecule has 0 saturated carbocycles. The van der Waals surface area contributed by atoms with Crippen LogP contribution in [0.15, 0.2) is 12.2 Å². The van der Waals surface area contributed by atoms with Crippen LogP contribution in [0.2, 0.25) is 0 Å². The number of rotatable bonds is 6. The first kappa shape index (κ1) is 13.7. The lowest BCUT2D eigenvalue weighted by Gasteiger charge is -2.11. The van der Waals surface area contributed by atoms with E-state index in [0.29, 0.717) is 0 Å². The molecular formula is C11H18O4. The van der Waals surface area contributed by atoms with Crippen LogP contribution >= 0.6 is 0 Å². The van der Waals surface area contributed by atoms with Gasteiger partial charge in [0, 0.05) is 13.0 Å². The minimum atomic E-state index is -0.441. The molecule has 0 radical (unpaired) electrons. The van der Waals surface area contributed by atoms with Crippen molar-refractivity contribution < 1.29 is 19.1 Å². The van der Waals surface area contributed by atoms with Crippen LogP contribution in [0.25, 0.3) is 0 Å². The molecule has 0 bridgehead atoms. The maximum Gasteiger partial charge on any atom is 0.330 e. The number of esters is 2. The van der Waals surface area contributed by atoms with Gasteiger partial charge in [0.05, 0.1) is 7.11 Å². The lowest BCUT2D eigenvalue weighted by molar-refractivity contribution is -0.144. The van der Waals surface area contributed by atoms with Crippen LogP contribution < -0.4 is 0 Å². The van der Waals surface area contributed by atoms with Gasteiger partial charge in [-0.15, -0.1) is 0 Å². The molecule has 1 atom stereocenters. The second-order valence-electron chi connectivity index (χ2n) is 3.17. The summed E-state index contributed by atoms with van der Waals surface area (Å²) in [6.45, 7) is 3.40. The van der Waals surface area contributed by atoms with Crippen LogP contribution in [0.3, 0.4) is 0 Å². The first-order valence-electron chi connectivity index (χ1n) is 5.03. The second-order valence-corrected chi connectivity index (χ2v) is 3.17. The summed E-state index contributed by atoms with van der Waals surface area (Å²) in [6, 6.07) is 0. The molecule has 0 spiro atoms. The van der Waals surface area contributed by atoms with Crippen molar-refractivity contribution in [2.24, 2.45) is 0 Å². The largest absolute Gasteiger partial charge is 0.466 e. The molecule has 0 aromatic carbocycles. The van der Waals surface area contributed by atoms with Crippen molar-refractivity contribution in [3.05, 3.63) is 12.2 Å². The molecule has 15 heavy (non-hydrogen) atoms. The van der Waals surface area contributed by atoms with Crippen molar-refractivity contribution in [3.8, 4) is 0 Å². The van der Waals surface area contributed by atoms with E-state index in [1.807, 2.05) is 0 Å². The maximum absolute atomic E-state index is 10.8. The molecule has 0 aromatic rings. The smallest absolute Gasteiger partial charge is 0.330 e. The maximum atomic E-state index is 10.8. The molecule has 0 unspecified atom stereocenters. The fourth-order valence-electron chi connectivity index (χ4n) is 1.07. The van der Waals surface area contributed by atoms with Crippen LogP contribution in [0.1, 0.15) is 33.1 Å².